The van der Waals surface area contributed by atoms with Crippen molar-refractivity contribution in [2.24, 2.45) is 0 Å². The molecule has 1 aromatic heterocycles. The lowest BCUT2D eigenvalue weighted by molar-refractivity contribution is -0.124. The van der Waals surface area contributed by atoms with E-state index >= 15 is 0 Å². The van der Waals surface area contributed by atoms with Gasteiger partial charge in [0.15, 0.2) is 6.61 Å². The fraction of sp³-hybridized carbons (Fsp3) is 0.278. The van der Waals surface area contributed by atoms with Crippen LogP contribution in [0.25, 0.3) is 0 Å². The van der Waals surface area contributed by atoms with Gasteiger partial charge in [0.05, 0.1) is 5.56 Å². The fourth-order valence-electron chi connectivity index (χ4n) is 2.28. The molecule has 1 aromatic carbocycles. The third-order valence-corrected chi connectivity index (χ3v) is 3.69. The van der Waals surface area contributed by atoms with Crippen molar-refractivity contribution in [1.82, 2.24) is 10.3 Å². The van der Waals surface area contributed by atoms with E-state index in [4.69, 9.17) is 16.3 Å². The van der Waals surface area contributed by atoms with Gasteiger partial charge in [0, 0.05) is 12.2 Å². The number of aromatic nitrogens is 1. The van der Waals surface area contributed by atoms with E-state index in [1.165, 1.54) is 0 Å². The molecule has 0 atom stereocenters. The Morgan fingerprint density at radius 1 is 1.21 bits per heavy atom. The van der Waals surface area contributed by atoms with Crippen LogP contribution in [0.2, 0.25) is 5.15 Å². The van der Waals surface area contributed by atoms with Crippen molar-refractivity contribution in [1.29, 1.82) is 0 Å². The fourth-order valence-corrected chi connectivity index (χ4v) is 2.64. The molecule has 0 unspecified atom stereocenters. The number of carbonyl (C=O) groups is 2. The molecule has 2 aromatic rings. The summed E-state index contributed by atoms with van der Waals surface area (Å²) >= 11 is 5.98. The van der Waals surface area contributed by atoms with Crippen LogP contribution >= 0.6 is 11.6 Å². The molecule has 0 aliphatic rings. The molecule has 1 heterocycles. The quantitative estimate of drug-likeness (QED) is 0.645. The first-order chi connectivity index (χ1) is 11.5. The van der Waals surface area contributed by atoms with Crippen LogP contribution in [-0.2, 0) is 16.0 Å². The Morgan fingerprint density at radius 3 is 2.58 bits per heavy atom. The van der Waals surface area contributed by atoms with E-state index in [0.717, 1.165) is 5.56 Å². The number of hydrogen-bond donors (Lipinski definition) is 1. The van der Waals surface area contributed by atoms with Crippen LogP contribution < -0.4 is 5.32 Å². The number of benzene rings is 1. The van der Waals surface area contributed by atoms with E-state index in [0.29, 0.717) is 24.2 Å². The van der Waals surface area contributed by atoms with Gasteiger partial charge in [0.2, 0.25) is 0 Å². The van der Waals surface area contributed by atoms with Crippen molar-refractivity contribution in [2.75, 3.05) is 13.2 Å². The minimum absolute atomic E-state index is 0.0852. The molecule has 126 valence electrons. The number of aryl methyl sites for hydroxylation is 2. The summed E-state index contributed by atoms with van der Waals surface area (Å²) in [5.41, 5.74) is 2.71. The average molecular weight is 347 g/mol. The van der Waals surface area contributed by atoms with E-state index in [2.05, 4.69) is 10.3 Å². The van der Waals surface area contributed by atoms with Gasteiger partial charge in [-0.3, -0.25) is 4.79 Å². The van der Waals surface area contributed by atoms with Crippen molar-refractivity contribution in [3.63, 3.8) is 0 Å². The zero-order valence-corrected chi connectivity index (χ0v) is 14.4. The van der Waals surface area contributed by atoms with Crippen molar-refractivity contribution in [3.05, 3.63) is 63.9 Å². The number of halogens is 1. The Hall–Kier alpha value is -2.40. The molecular weight excluding hydrogens is 328 g/mol. The van der Waals surface area contributed by atoms with Crippen molar-refractivity contribution in [2.45, 2.75) is 20.3 Å². The molecule has 0 aliphatic heterocycles. The first-order valence-electron chi connectivity index (χ1n) is 7.59. The molecule has 0 bridgehead atoms. The van der Waals surface area contributed by atoms with Crippen LogP contribution in [0.4, 0.5) is 0 Å². The number of hydrogen-bond acceptors (Lipinski definition) is 4. The summed E-state index contributed by atoms with van der Waals surface area (Å²) in [4.78, 5) is 27.9. The van der Waals surface area contributed by atoms with Gasteiger partial charge < -0.3 is 10.1 Å². The summed E-state index contributed by atoms with van der Waals surface area (Å²) in [6.45, 7) is 3.66. The maximum Gasteiger partial charge on any atom is 0.342 e. The van der Waals surface area contributed by atoms with Gasteiger partial charge in [-0.25, -0.2) is 9.78 Å². The monoisotopic (exact) mass is 346 g/mol. The lowest BCUT2D eigenvalue weighted by Gasteiger charge is -2.09. The molecule has 1 N–H and O–H groups in total. The van der Waals surface area contributed by atoms with E-state index in [9.17, 15) is 9.59 Å². The van der Waals surface area contributed by atoms with Gasteiger partial charge >= 0.3 is 5.97 Å². The SMILES string of the molecule is Cc1cc(C)c(C(=O)OCC(=O)NCCc2ccccc2)c(Cl)n1. The highest BCUT2D eigenvalue weighted by molar-refractivity contribution is 6.32. The van der Waals surface area contributed by atoms with Crippen LogP contribution in [0.3, 0.4) is 0 Å². The van der Waals surface area contributed by atoms with Gasteiger partial charge in [0.1, 0.15) is 5.15 Å². The first-order valence-corrected chi connectivity index (χ1v) is 7.96. The van der Waals surface area contributed by atoms with Crippen LogP contribution in [0, 0.1) is 13.8 Å². The second-order valence-electron chi connectivity index (χ2n) is 5.41. The second-order valence-corrected chi connectivity index (χ2v) is 5.77. The Kier molecular flexibility index (Phi) is 6.32. The molecule has 2 rings (SSSR count). The smallest absolute Gasteiger partial charge is 0.342 e. The molecule has 5 nitrogen and oxygen atoms in total. The molecule has 0 spiro atoms. The maximum absolute atomic E-state index is 12.1. The third-order valence-electron chi connectivity index (χ3n) is 3.42. The molecule has 1 amide bonds. The predicted molar refractivity (Wildman–Crippen MR) is 92.2 cm³/mol. The van der Waals surface area contributed by atoms with Crippen molar-refractivity contribution in [3.8, 4) is 0 Å². The molecule has 0 fully saturated rings. The van der Waals surface area contributed by atoms with Gasteiger partial charge in [0.25, 0.3) is 5.91 Å². The summed E-state index contributed by atoms with van der Waals surface area (Å²) in [6.07, 6.45) is 0.716. The zero-order valence-electron chi connectivity index (χ0n) is 13.6. The highest BCUT2D eigenvalue weighted by atomic mass is 35.5. The lowest BCUT2D eigenvalue weighted by Crippen LogP contribution is -2.30. The standard InChI is InChI=1S/C18H19ClN2O3/c1-12-10-13(2)21-17(19)16(12)18(23)24-11-15(22)20-9-8-14-6-4-3-5-7-14/h3-7,10H,8-9,11H2,1-2H3,(H,20,22). The topological polar surface area (TPSA) is 68.3 Å². The predicted octanol–water partition coefficient (Wildman–Crippen LogP) is 2.87. The van der Waals surface area contributed by atoms with Crippen molar-refractivity contribution < 1.29 is 14.3 Å². The van der Waals surface area contributed by atoms with Gasteiger partial charge in [-0.05, 0) is 37.5 Å². The number of pyridine rings is 1. The maximum atomic E-state index is 12.1. The van der Waals surface area contributed by atoms with Crippen LogP contribution in [0.1, 0.15) is 27.2 Å². The minimum atomic E-state index is -0.650. The van der Waals surface area contributed by atoms with Crippen LogP contribution in [-0.4, -0.2) is 30.0 Å². The molecule has 0 saturated heterocycles. The Bertz CT molecular complexity index is 709. The van der Waals surface area contributed by atoms with Crippen molar-refractivity contribution >= 4 is 23.5 Å². The number of nitrogens with zero attached hydrogens (tertiary/aromatic N) is 1. The summed E-state index contributed by atoms with van der Waals surface area (Å²) in [6, 6.07) is 11.5. The van der Waals surface area contributed by atoms with E-state index in [1.54, 1.807) is 19.9 Å². The first kappa shape index (κ1) is 17.9. The summed E-state index contributed by atoms with van der Waals surface area (Å²) in [5, 5.41) is 2.80. The molecule has 24 heavy (non-hydrogen) atoms. The van der Waals surface area contributed by atoms with Crippen LogP contribution in [0.15, 0.2) is 36.4 Å². The molecular formula is C18H19ClN2O3. The summed E-state index contributed by atoms with van der Waals surface area (Å²) in [7, 11) is 0. The molecule has 0 radical (unpaired) electrons. The minimum Gasteiger partial charge on any atom is -0.452 e. The Morgan fingerprint density at radius 2 is 1.92 bits per heavy atom. The lowest BCUT2D eigenvalue weighted by atomic mass is 10.1. The zero-order chi connectivity index (χ0) is 17.5. The highest BCUT2D eigenvalue weighted by Gasteiger charge is 2.18. The summed E-state index contributed by atoms with van der Waals surface area (Å²) < 4.78 is 5.02. The van der Waals surface area contributed by atoms with Gasteiger partial charge in [-0.1, -0.05) is 41.9 Å². The average Bonchev–Trinajstić information content (AvgIpc) is 2.53. The van der Waals surface area contributed by atoms with Crippen LogP contribution in [0.5, 0.6) is 0 Å². The number of esters is 1. The van der Waals surface area contributed by atoms with Gasteiger partial charge in [-0.2, -0.15) is 0 Å². The number of ether oxygens (including phenoxy) is 1. The largest absolute Gasteiger partial charge is 0.452 e. The third kappa shape index (κ3) is 5.06. The highest BCUT2D eigenvalue weighted by Crippen LogP contribution is 2.19. The number of rotatable bonds is 6. The Balaban J connectivity index is 1.80. The number of amides is 1. The Labute approximate surface area is 146 Å². The van der Waals surface area contributed by atoms with E-state index < -0.39 is 5.97 Å². The normalized spacial score (nSPS) is 10.3. The second kappa shape index (κ2) is 8.45. The number of carbonyl (C=O) groups excluding carboxylic acids is 2. The number of nitrogens with one attached hydrogen (secondary N) is 1. The van der Waals surface area contributed by atoms with E-state index in [-0.39, 0.29) is 23.2 Å². The summed E-state index contributed by atoms with van der Waals surface area (Å²) in [5.74, 6) is -1.00. The van der Waals surface area contributed by atoms with Gasteiger partial charge in [-0.15, -0.1) is 0 Å². The molecule has 0 aliphatic carbocycles. The molecule has 6 heteroatoms. The molecule has 0 saturated carbocycles. The van der Waals surface area contributed by atoms with E-state index in [1.807, 2.05) is 30.3 Å².